The van der Waals surface area contributed by atoms with Crippen LogP contribution in [0.25, 0.3) is 0 Å². The number of ether oxygens (including phenoxy) is 4. The molecule has 1 amide bonds. The Kier molecular flexibility index (Phi) is 20.8. The Morgan fingerprint density at radius 3 is 1.88 bits per heavy atom. The highest BCUT2D eigenvalue weighted by Gasteiger charge is 2.79. The quantitative estimate of drug-likeness (QED) is 0.0409. The van der Waals surface area contributed by atoms with Gasteiger partial charge < -0.3 is 42.6 Å². The SMILES string of the molecule is CCCCC(=O)N[C@@H](c1ccccc1)[C@@H](O[Si](C)(C)C(C)(C)C)C(=O)O[C@H]1C[C@@]2(O)[C@@H](OC(=O)CCCC)[C@@H]3[C@]4(OC(C)=O)CO[C@@H]4C[C@H](O[Si](CC)(CC)CC)[C@@]3(C)C(=O)[C@H](O[Si](CC)(CC)CC)C(=C1C)C2(C)C. The van der Waals surface area contributed by atoms with E-state index in [4.69, 9.17) is 32.2 Å². The van der Waals surface area contributed by atoms with Crippen molar-refractivity contribution in [1.82, 2.24) is 5.32 Å². The van der Waals surface area contributed by atoms with E-state index in [9.17, 15) is 19.5 Å². The number of carbonyl (C=O) groups excluding carboxylic acids is 5. The molecule has 1 heterocycles. The highest BCUT2D eigenvalue weighted by Crippen LogP contribution is 2.65. The zero-order valence-electron chi connectivity index (χ0n) is 50.0. The molecule has 2 saturated carbocycles. The average Bonchev–Trinajstić information content (AvgIpc) is 3.37. The van der Waals surface area contributed by atoms with Gasteiger partial charge in [-0.25, -0.2) is 4.79 Å². The summed E-state index contributed by atoms with van der Waals surface area (Å²) in [5.74, 6) is -3.74. The summed E-state index contributed by atoms with van der Waals surface area (Å²) >= 11 is 0. The van der Waals surface area contributed by atoms with E-state index in [0.29, 0.717) is 54.1 Å². The van der Waals surface area contributed by atoms with Crippen molar-refractivity contribution in [2.24, 2.45) is 16.7 Å². The summed E-state index contributed by atoms with van der Waals surface area (Å²) in [5.41, 5.74) is -5.06. The number of carbonyl (C=O) groups is 5. The number of ketones is 1. The van der Waals surface area contributed by atoms with Crippen LogP contribution in [0.1, 0.15) is 174 Å². The van der Waals surface area contributed by atoms with Gasteiger partial charge in [-0.15, -0.1) is 0 Å². The van der Waals surface area contributed by atoms with Crippen LogP contribution in [0.4, 0.5) is 0 Å². The van der Waals surface area contributed by atoms with Gasteiger partial charge in [0.2, 0.25) is 5.91 Å². The molecular weight excluding hydrogens is 1010 g/mol. The molecule has 0 aromatic heterocycles. The molecule has 1 aromatic rings. The van der Waals surface area contributed by atoms with Crippen LogP contribution in [-0.2, 0) is 56.2 Å². The Hall–Kier alpha value is -3.04. The highest BCUT2D eigenvalue weighted by molar-refractivity contribution is 6.74. The van der Waals surface area contributed by atoms with Gasteiger partial charge in [0, 0.05) is 38.0 Å². The van der Waals surface area contributed by atoms with E-state index in [0.717, 1.165) is 24.6 Å². The lowest BCUT2D eigenvalue weighted by molar-refractivity contribution is -0.346. The number of hydrogen-bond acceptors (Lipinski definition) is 13. The molecule has 76 heavy (non-hydrogen) atoms. The van der Waals surface area contributed by atoms with Crippen molar-refractivity contribution in [2.45, 2.75) is 270 Å². The van der Waals surface area contributed by atoms with E-state index in [1.807, 2.05) is 85.0 Å². The predicted molar refractivity (Wildman–Crippen MR) is 304 cm³/mol. The summed E-state index contributed by atoms with van der Waals surface area (Å²) in [6.07, 6.45) is -4.14. The smallest absolute Gasteiger partial charge is 0.337 e. The van der Waals surface area contributed by atoms with Crippen molar-refractivity contribution in [3.8, 4) is 0 Å². The third kappa shape index (κ3) is 12.0. The zero-order valence-corrected chi connectivity index (χ0v) is 53.0. The number of aliphatic hydroxyl groups is 1. The van der Waals surface area contributed by atoms with Gasteiger partial charge in [0.15, 0.2) is 42.4 Å². The molecular formula is C59H99NO13Si3. The second-order valence-corrected chi connectivity index (χ2v) is 39.2. The van der Waals surface area contributed by atoms with Gasteiger partial charge in [0.05, 0.1) is 30.1 Å². The molecule has 1 aromatic carbocycles. The molecule has 2 N–H and O–H groups in total. The lowest BCUT2D eigenvalue weighted by Crippen LogP contribution is -2.82. The number of fused-ring (bicyclic) bond motifs is 5. The first-order valence-electron chi connectivity index (χ1n) is 29.0. The third-order valence-electron chi connectivity index (χ3n) is 19.5. The summed E-state index contributed by atoms with van der Waals surface area (Å²) < 4.78 is 49.1. The maximum absolute atomic E-state index is 17.1. The molecule has 2 bridgehead atoms. The Labute approximate surface area is 460 Å². The van der Waals surface area contributed by atoms with E-state index in [2.05, 4.69) is 67.6 Å². The maximum Gasteiger partial charge on any atom is 0.337 e. The Morgan fingerprint density at radius 2 is 1.38 bits per heavy atom. The van der Waals surface area contributed by atoms with E-state index in [1.165, 1.54) is 6.92 Å². The van der Waals surface area contributed by atoms with E-state index in [-0.39, 0.29) is 49.0 Å². The Morgan fingerprint density at radius 1 is 0.829 bits per heavy atom. The molecule has 0 radical (unpaired) electrons. The lowest BCUT2D eigenvalue weighted by atomic mass is 9.44. The van der Waals surface area contributed by atoms with Crippen LogP contribution < -0.4 is 5.32 Å². The molecule has 17 heteroatoms. The molecule has 0 unspecified atom stereocenters. The van der Waals surface area contributed by atoms with Crippen LogP contribution in [0.15, 0.2) is 41.5 Å². The molecule has 14 nitrogen and oxygen atoms in total. The van der Waals surface area contributed by atoms with Crippen molar-refractivity contribution < 1.29 is 61.3 Å². The van der Waals surface area contributed by atoms with Crippen molar-refractivity contribution in [2.75, 3.05) is 6.61 Å². The number of amides is 1. The number of hydrogen-bond donors (Lipinski definition) is 2. The van der Waals surface area contributed by atoms with E-state index >= 15 is 9.59 Å². The molecule has 5 rings (SSSR count). The van der Waals surface area contributed by atoms with Crippen LogP contribution in [0.2, 0.25) is 54.4 Å². The second-order valence-electron chi connectivity index (χ2n) is 24.9. The van der Waals surface area contributed by atoms with Gasteiger partial charge in [0.25, 0.3) is 0 Å². The van der Waals surface area contributed by atoms with Crippen molar-refractivity contribution in [3.63, 3.8) is 0 Å². The molecule has 4 aliphatic rings. The fourth-order valence-electron chi connectivity index (χ4n) is 12.8. The monoisotopic (exact) mass is 1110 g/mol. The average molecular weight is 1110 g/mol. The predicted octanol–water partition coefficient (Wildman–Crippen LogP) is 12.0. The molecule has 3 aliphatic carbocycles. The largest absolute Gasteiger partial charge is 0.459 e. The van der Waals surface area contributed by atoms with Gasteiger partial charge in [-0.3, -0.25) is 19.2 Å². The molecule has 11 atom stereocenters. The Bertz CT molecular complexity index is 2220. The van der Waals surface area contributed by atoms with Crippen LogP contribution in [0, 0.1) is 16.7 Å². The summed E-state index contributed by atoms with van der Waals surface area (Å²) in [7, 11) is -8.19. The minimum absolute atomic E-state index is 0.0274. The standard InChI is InChI=1S/C59H99NO13Si3/c1-19-27-34-45(62)60-48(41-32-30-29-31-33-41)50(72-74(17,18)55(11,12)13)54(65)68-42-37-59(66)53(69-46(63)35-28-20-2)51-57(16,52(64)49(47(39(42)9)56(59,14)15)73-76(24-6,25-7)26-8)43(71-75(21-3,22-4)23-5)36-44-58(51,38-67-44)70-40(10)61/h29-33,42-44,48-51,53,66H,19-28,34-38H2,1-18H3,(H,60,62)/t42-,43-,44+,48-,49+,50+,51-,53-,57+,58-,59+/m0/s1. The highest BCUT2D eigenvalue weighted by atomic mass is 28.4. The number of nitrogens with one attached hydrogen (secondary N) is 1. The van der Waals surface area contributed by atoms with Crippen molar-refractivity contribution in [3.05, 3.63) is 47.0 Å². The van der Waals surface area contributed by atoms with Crippen molar-refractivity contribution >= 4 is 54.6 Å². The number of rotatable bonds is 25. The number of esters is 3. The fraction of sp³-hybridized carbons (Fsp3) is 0.780. The van der Waals surface area contributed by atoms with Gasteiger partial charge in [-0.1, -0.05) is 133 Å². The minimum Gasteiger partial charge on any atom is -0.459 e. The van der Waals surface area contributed by atoms with Crippen LogP contribution >= 0.6 is 0 Å². The third-order valence-corrected chi connectivity index (χ3v) is 33.2. The van der Waals surface area contributed by atoms with Gasteiger partial charge in [-0.2, -0.15) is 0 Å². The van der Waals surface area contributed by atoms with Crippen LogP contribution in [0.3, 0.4) is 0 Å². The maximum atomic E-state index is 17.1. The summed E-state index contributed by atoms with van der Waals surface area (Å²) in [5, 5.41) is 17.4. The topological polar surface area (TPSA) is 182 Å². The first-order valence-corrected chi connectivity index (χ1v) is 37.0. The summed E-state index contributed by atoms with van der Waals surface area (Å²) in [4.78, 5) is 75.0. The summed E-state index contributed by atoms with van der Waals surface area (Å²) in [6, 6.07) is 12.7. The summed E-state index contributed by atoms with van der Waals surface area (Å²) in [6.45, 7) is 35.7. The minimum atomic E-state index is -2.84. The Balaban J connectivity index is 1.91. The molecule has 1 saturated heterocycles. The van der Waals surface area contributed by atoms with Crippen molar-refractivity contribution in [1.29, 1.82) is 0 Å². The zero-order chi connectivity index (χ0) is 57.0. The van der Waals surface area contributed by atoms with Crippen LogP contribution in [-0.4, -0.2) is 114 Å². The number of unbranched alkanes of at least 4 members (excludes halogenated alkanes) is 2. The lowest BCUT2D eigenvalue weighted by Gasteiger charge is -2.68. The first-order chi connectivity index (χ1) is 35.5. The number of benzene rings is 1. The van der Waals surface area contributed by atoms with E-state index in [1.54, 1.807) is 0 Å². The van der Waals surface area contributed by atoms with Crippen LogP contribution in [0.5, 0.6) is 0 Å². The normalized spacial score (nSPS) is 29.4. The molecule has 1 aliphatic heterocycles. The van der Waals surface area contributed by atoms with Gasteiger partial charge >= 0.3 is 17.9 Å². The second kappa shape index (κ2) is 24.8. The number of Topliss-reactive ketones (excluding diaryl/α,β-unsaturated/α-hetero) is 1. The fourth-order valence-corrected chi connectivity index (χ4v) is 19.7. The van der Waals surface area contributed by atoms with E-state index < -0.39 is 113 Å². The first kappa shape index (κ1) is 63.8. The van der Waals surface area contributed by atoms with Gasteiger partial charge in [-0.05, 0) is 97.8 Å². The molecule has 0 spiro atoms. The molecule has 430 valence electrons. The molecule has 3 fully saturated rings. The van der Waals surface area contributed by atoms with Gasteiger partial charge in [0.1, 0.15) is 30.0 Å².